The Morgan fingerprint density at radius 1 is 1.40 bits per heavy atom. The number of anilines is 2. The zero-order valence-electron chi connectivity index (χ0n) is 11.5. The fourth-order valence-electron chi connectivity index (χ4n) is 2.41. The predicted octanol–water partition coefficient (Wildman–Crippen LogP) is 1.67. The maximum Gasteiger partial charge on any atom is 0.315 e. The van der Waals surface area contributed by atoms with Crippen LogP contribution in [-0.2, 0) is 4.79 Å². The molecule has 0 aliphatic carbocycles. The number of rotatable bonds is 4. The van der Waals surface area contributed by atoms with E-state index >= 15 is 0 Å². The summed E-state index contributed by atoms with van der Waals surface area (Å²) in [5, 5.41) is 17.2. The van der Waals surface area contributed by atoms with Crippen molar-refractivity contribution in [3.63, 3.8) is 0 Å². The van der Waals surface area contributed by atoms with E-state index in [1.807, 2.05) is 0 Å². The maximum atomic E-state index is 11.4. The molecule has 108 valence electrons. The van der Waals surface area contributed by atoms with E-state index in [0.717, 1.165) is 0 Å². The summed E-state index contributed by atoms with van der Waals surface area (Å²) in [7, 11) is 3.40. The molecule has 0 radical (unpaired) electrons. The molecule has 0 aromatic heterocycles. The number of likely N-dealkylation sites (N-methyl/N-ethyl adjacent to an activating group) is 1. The summed E-state index contributed by atoms with van der Waals surface area (Å²) in [6.07, 6.45) is 1.15. The molecule has 1 aromatic rings. The number of nitrogens with zero attached hydrogens (tertiary/aromatic N) is 2. The molecule has 1 saturated heterocycles. The highest BCUT2D eigenvalue weighted by molar-refractivity contribution is 5.78. The number of nitro benzene ring substituents is 1. The summed E-state index contributed by atoms with van der Waals surface area (Å²) in [5.41, 5.74) is 0.990. The number of hydrogen-bond acceptors (Lipinski definition) is 5. The first-order valence-corrected chi connectivity index (χ1v) is 6.48. The van der Waals surface area contributed by atoms with Gasteiger partial charge in [-0.1, -0.05) is 6.07 Å². The van der Waals surface area contributed by atoms with Crippen molar-refractivity contribution in [1.29, 1.82) is 0 Å². The van der Waals surface area contributed by atoms with E-state index in [2.05, 4.69) is 10.6 Å². The number of carbonyl (C=O) groups is 1. The Morgan fingerprint density at radius 2 is 2.10 bits per heavy atom. The van der Waals surface area contributed by atoms with Gasteiger partial charge in [-0.05, 0) is 18.6 Å². The standard InChI is InChI=1S/C13H18N4O3/c1-14-10-4-3-5-11(13(10)17(19)20)15-9-6-7-12(18)16(2)8-9/h3-5,9,14-15H,6-8H2,1-2H3. The van der Waals surface area contributed by atoms with Crippen LogP contribution in [0.4, 0.5) is 17.1 Å². The average molecular weight is 278 g/mol. The third-order valence-corrected chi connectivity index (χ3v) is 3.47. The third-order valence-electron chi connectivity index (χ3n) is 3.47. The van der Waals surface area contributed by atoms with Gasteiger partial charge in [0.05, 0.1) is 4.92 Å². The van der Waals surface area contributed by atoms with Crippen LogP contribution in [0.15, 0.2) is 18.2 Å². The normalized spacial score (nSPS) is 18.8. The fraction of sp³-hybridized carbons (Fsp3) is 0.462. The number of hydrogen-bond donors (Lipinski definition) is 2. The number of benzene rings is 1. The number of nitrogens with one attached hydrogen (secondary N) is 2. The van der Waals surface area contributed by atoms with Crippen LogP contribution in [0.1, 0.15) is 12.8 Å². The van der Waals surface area contributed by atoms with E-state index in [1.54, 1.807) is 37.2 Å². The van der Waals surface area contributed by atoms with Gasteiger partial charge < -0.3 is 15.5 Å². The van der Waals surface area contributed by atoms with Crippen LogP contribution in [0.5, 0.6) is 0 Å². The molecule has 1 heterocycles. The summed E-state index contributed by atoms with van der Waals surface area (Å²) in [6.45, 7) is 0.555. The van der Waals surface area contributed by atoms with Crippen molar-refractivity contribution >= 4 is 23.0 Å². The first-order valence-electron chi connectivity index (χ1n) is 6.48. The lowest BCUT2D eigenvalue weighted by Crippen LogP contribution is -2.43. The Bertz CT molecular complexity index is 532. The third kappa shape index (κ3) is 2.81. The number of carbonyl (C=O) groups excluding carboxylic acids is 1. The molecular formula is C13H18N4O3. The van der Waals surface area contributed by atoms with Crippen molar-refractivity contribution in [3.05, 3.63) is 28.3 Å². The van der Waals surface area contributed by atoms with E-state index in [0.29, 0.717) is 30.8 Å². The van der Waals surface area contributed by atoms with E-state index in [9.17, 15) is 14.9 Å². The fourth-order valence-corrected chi connectivity index (χ4v) is 2.41. The lowest BCUT2D eigenvalue weighted by molar-refractivity contribution is -0.383. The molecular weight excluding hydrogens is 260 g/mol. The highest BCUT2D eigenvalue weighted by Gasteiger charge is 2.26. The topological polar surface area (TPSA) is 87.5 Å². The molecule has 0 spiro atoms. The molecule has 0 saturated carbocycles. The zero-order chi connectivity index (χ0) is 14.7. The predicted molar refractivity (Wildman–Crippen MR) is 76.9 cm³/mol. The number of para-hydroxylation sites is 1. The van der Waals surface area contributed by atoms with Gasteiger partial charge in [-0.2, -0.15) is 0 Å². The molecule has 2 rings (SSSR count). The van der Waals surface area contributed by atoms with Crippen molar-refractivity contribution < 1.29 is 9.72 Å². The highest BCUT2D eigenvalue weighted by atomic mass is 16.6. The Labute approximate surface area is 117 Å². The van der Waals surface area contributed by atoms with Gasteiger partial charge in [-0.3, -0.25) is 14.9 Å². The van der Waals surface area contributed by atoms with Gasteiger partial charge in [0, 0.05) is 33.1 Å². The summed E-state index contributed by atoms with van der Waals surface area (Å²) in [5.74, 6) is 0.113. The molecule has 7 nitrogen and oxygen atoms in total. The average Bonchev–Trinajstić information content (AvgIpc) is 2.42. The van der Waals surface area contributed by atoms with Gasteiger partial charge in [-0.15, -0.1) is 0 Å². The largest absolute Gasteiger partial charge is 0.382 e. The van der Waals surface area contributed by atoms with Crippen LogP contribution in [0.2, 0.25) is 0 Å². The van der Waals surface area contributed by atoms with Crippen LogP contribution in [0.25, 0.3) is 0 Å². The Morgan fingerprint density at radius 3 is 2.70 bits per heavy atom. The minimum absolute atomic E-state index is 0.0310. The van der Waals surface area contributed by atoms with Crippen LogP contribution in [-0.4, -0.2) is 42.4 Å². The second kappa shape index (κ2) is 5.77. The number of piperidine rings is 1. The summed E-state index contributed by atoms with van der Waals surface area (Å²) < 4.78 is 0. The lowest BCUT2D eigenvalue weighted by Gasteiger charge is -2.30. The van der Waals surface area contributed by atoms with Gasteiger partial charge in [-0.25, -0.2) is 0 Å². The smallest absolute Gasteiger partial charge is 0.315 e. The second-order valence-corrected chi connectivity index (χ2v) is 4.86. The van der Waals surface area contributed by atoms with E-state index < -0.39 is 4.92 Å². The van der Waals surface area contributed by atoms with Crippen LogP contribution in [0, 0.1) is 10.1 Å². The Hall–Kier alpha value is -2.31. The minimum Gasteiger partial charge on any atom is -0.382 e. The molecule has 1 fully saturated rings. The number of likely N-dealkylation sites (tertiary alicyclic amines) is 1. The molecule has 1 unspecified atom stereocenters. The quantitative estimate of drug-likeness (QED) is 0.646. The summed E-state index contributed by atoms with van der Waals surface area (Å²) in [4.78, 5) is 23.9. The van der Waals surface area contributed by atoms with Gasteiger partial charge in [0.25, 0.3) is 0 Å². The second-order valence-electron chi connectivity index (χ2n) is 4.86. The van der Waals surface area contributed by atoms with E-state index in [-0.39, 0.29) is 17.6 Å². The Kier molecular flexibility index (Phi) is 4.07. The summed E-state index contributed by atoms with van der Waals surface area (Å²) in [6, 6.07) is 5.15. The van der Waals surface area contributed by atoms with Crippen molar-refractivity contribution in [2.45, 2.75) is 18.9 Å². The van der Waals surface area contributed by atoms with Crippen LogP contribution < -0.4 is 10.6 Å². The van der Waals surface area contributed by atoms with E-state index in [1.165, 1.54) is 0 Å². The number of amides is 1. The Balaban J connectivity index is 2.21. The van der Waals surface area contributed by atoms with Crippen molar-refractivity contribution in [1.82, 2.24) is 4.90 Å². The van der Waals surface area contributed by atoms with E-state index in [4.69, 9.17) is 0 Å². The monoisotopic (exact) mass is 278 g/mol. The molecule has 0 bridgehead atoms. The van der Waals surface area contributed by atoms with Gasteiger partial charge in [0.2, 0.25) is 5.91 Å². The molecule has 7 heteroatoms. The summed E-state index contributed by atoms with van der Waals surface area (Å²) >= 11 is 0. The van der Waals surface area contributed by atoms with Gasteiger partial charge in [0.1, 0.15) is 11.4 Å². The molecule has 20 heavy (non-hydrogen) atoms. The highest BCUT2D eigenvalue weighted by Crippen LogP contribution is 2.33. The maximum absolute atomic E-state index is 11.4. The zero-order valence-corrected chi connectivity index (χ0v) is 11.5. The SMILES string of the molecule is CNc1cccc(NC2CCC(=O)N(C)C2)c1[N+](=O)[O-]. The first kappa shape index (κ1) is 14.1. The van der Waals surface area contributed by atoms with Crippen molar-refractivity contribution in [2.24, 2.45) is 0 Å². The first-order chi connectivity index (χ1) is 9.52. The minimum atomic E-state index is -0.397. The van der Waals surface area contributed by atoms with Crippen LogP contribution >= 0.6 is 0 Å². The molecule has 1 aromatic carbocycles. The molecule has 1 aliphatic rings. The van der Waals surface area contributed by atoms with Crippen LogP contribution in [0.3, 0.4) is 0 Å². The lowest BCUT2D eigenvalue weighted by atomic mass is 10.0. The molecule has 1 atom stereocenters. The van der Waals surface area contributed by atoms with Crippen molar-refractivity contribution in [2.75, 3.05) is 31.3 Å². The molecule has 1 aliphatic heterocycles. The van der Waals surface area contributed by atoms with Gasteiger partial charge >= 0.3 is 5.69 Å². The molecule has 2 N–H and O–H groups in total. The number of nitro groups is 1. The van der Waals surface area contributed by atoms with Crippen molar-refractivity contribution in [3.8, 4) is 0 Å². The molecule has 1 amide bonds. The van der Waals surface area contributed by atoms with Gasteiger partial charge in [0.15, 0.2) is 0 Å².